The lowest BCUT2D eigenvalue weighted by molar-refractivity contribution is -0.0984. The molecule has 0 aliphatic carbocycles. The van der Waals surface area contributed by atoms with Gasteiger partial charge in [0, 0.05) is 0 Å². The lowest BCUT2D eigenvalue weighted by Gasteiger charge is -2.38. The predicted molar refractivity (Wildman–Crippen MR) is 107 cm³/mol. The second-order valence-electron chi connectivity index (χ2n) is 8.81. The zero-order valence-electron chi connectivity index (χ0n) is 17.4. The van der Waals surface area contributed by atoms with Crippen LogP contribution in [-0.4, -0.2) is 44.7 Å². The van der Waals surface area contributed by atoms with Gasteiger partial charge < -0.3 is 19.5 Å². The Kier molecular flexibility index (Phi) is 5.68. The molecule has 150 valence electrons. The first-order valence-corrected chi connectivity index (χ1v) is 9.03. The van der Waals surface area contributed by atoms with Crippen molar-refractivity contribution in [3.8, 4) is 6.07 Å². The Morgan fingerprint density at radius 1 is 1.14 bits per heavy atom. The fraction of sp³-hybridized carbons (Fsp3) is 0.500. The predicted octanol–water partition coefficient (Wildman–Crippen LogP) is 2.55. The monoisotopic (exact) mass is 386 g/mol. The molecule has 2 rings (SSSR count). The van der Waals surface area contributed by atoms with Gasteiger partial charge in [-0.2, -0.15) is 5.26 Å². The van der Waals surface area contributed by atoms with Crippen molar-refractivity contribution in [1.29, 1.82) is 5.26 Å². The molecule has 0 aliphatic rings. The van der Waals surface area contributed by atoms with Crippen LogP contribution in [0.4, 0.5) is 4.79 Å². The van der Waals surface area contributed by atoms with Crippen molar-refractivity contribution in [2.24, 2.45) is 0 Å². The summed E-state index contributed by atoms with van der Waals surface area (Å²) in [6, 6.07) is 8.50. The average molecular weight is 386 g/mol. The van der Waals surface area contributed by atoms with E-state index in [0.717, 1.165) is 0 Å². The fourth-order valence-corrected chi connectivity index (χ4v) is 2.47. The van der Waals surface area contributed by atoms with Gasteiger partial charge in [-0.05, 0) is 72.1 Å². The van der Waals surface area contributed by atoms with Crippen LogP contribution in [0.15, 0.2) is 24.3 Å². The molecule has 28 heavy (non-hydrogen) atoms. The first-order valence-electron chi connectivity index (χ1n) is 9.03. The number of ether oxygens (including phenoxy) is 1. The van der Waals surface area contributed by atoms with Gasteiger partial charge in [-0.25, -0.2) is 4.79 Å². The van der Waals surface area contributed by atoms with Gasteiger partial charge in [0.2, 0.25) is 0 Å². The van der Waals surface area contributed by atoms with E-state index in [1.54, 1.807) is 72.7 Å². The number of hydrogen-bond donors (Lipinski definition) is 2. The minimum absolute atomic E-state index is 0.150. The summed E-state index contributed by atoms with van der Waals surface area (Å²) in [6.07, 6.45) is -0.698. The van der Waals surface area contributed by atoms with Gasteiger partial charge in [-0.1, -0.05) is 6.07 Å². The van der Waals surface area contributed by atoms with Crippen LogP contribution in [0.25, 0.3) is 10.9 Å². The molecule has 7 nitrogen and oxygen atoms in total. The molecule has 2 N–H and O–H groups in total. The summed E-state index contributed by atoms with van der Waals surface area (Å²) < 4.78 is 12.4. The van der Waals surface area contributed by atoms with E-state index in [2.05, 4.69) is 0 Å². The van der Waals surface area contributed by atoms with E-state index in [-0.39, 0.29) is 5.59 Å². The molecule has 0 unspecified atom stereocenters. The van der Waals surface area contributed by atoms with E-state index in [1.807, 2.05) is 6.07 Å². The third kappa shape index (κ3) is 4.55. The minimum Gasteiger partial charge on any atom is -0.443 e. The lowest BCUT2D eigenvalue weighted by atomic mass is 9.80. The SMILES string of the molecule is CC(C)(C)OC(=O)n1c(B(O)OC(C)(C)C(C)(C)O)cc2ccc(C#N)cc21. The molecule has 0 amide bonds. The van der Waals surface area contributed by atoms with E-state index in [4.69, 9.17) is 9.39 Å². The van der Waals surface area contributed by atoms with Gasteiger partial charge in [0.25, 0.3) is 0 Å². The zero-order chi connectivity index (χ0) is 21.5. The summed E-state index contributed by atoms with van der Waals surface area (Å²) in [5.41, 5.74) is -2.17. The van der Waals surface area contributed by atoms with Crippen LogP contribution in [0.1, 0.15) is 54.0 Å². The van der Waals surface area contributed by atoms with Gasteiger partial charge in [0.15, 0.2) is 0 Å². The highest BCUT2D eigenvalue weighted by Crippen LogP contribution is 2.26. The Balaban J connectivity index is 2.60. The Labute approximate surface area is 165 Å². The molecule has 2 aromatic rings. The summed E-state index contributed by atoms with van der Waals surface area (Å²) in [6.45, 7) is 11.6. The zero-order valence-corrected chi connectivity index (χ0v) is 17.4. The highest BCUT2D eigenvalue weighted by Gasteiger charge is 2.41. The number of hydrogen-bond acceptors (Lipinski definition) is 6. The number of aromatic nitrogens is 1. The second-order valence-corrected chi connectivity index (χ2v) is 8.81. The highest BCUT2D eigenvalue weighted by molar-refractivity contribution is 6.60. The van der Waals surface area contributed by atoms with E-state index in [0.29, 0.717) is 16.5 Å². The maximum absolute atomic E-state index is 12.9. The Hall–Kier alpha value is -2.34. The first kappa shape index (κ1) is 22.0. The Morgan fingerprint density at radius 3 is 2.25 bits per heavy atom. The van der Waals surface area contributed by atoms with Gasteiger partial charge in [0.05, 0.1) is 33.9 Å². The number of benzene rings is 1. The quantitative estimate of drug-likeness (QED) is 0.783. The molecule has 0 fully saturated rings. The van der Waals surface area contributed by atoms with E-state index in [1.165, 1.54) is 4.57 Å². The molecule has 0 bridgehead atoms. The third-order valence-corrected chi connectivity index (χ3v) is 4.67. The van der Waals surface area contributed by atoms with Gasteiger partial charge >= 0.3 is 13.2 Å². The smallest absolute Gasteiger partial charge is 0.443 e. The highest BCUT2D eigenvalue weighted by atomic mass is 16.6. The first-order chi connectivity index (χ1) is 12.7. The number of nitriles is 1. The van der Waals surface area contributed by atoms with Crippen LogP contribution in [0, 0.1) is 11.3 Å². The maximum Gasteiger partial charge on any atom is 0.509 e. The normalized spacial score (nSPS) is 12.7. The number of aliphatic hydroxyl groups is 1. The molecule has 1 aromatic heterocycles. The molecule has 1 aromatic carbocycles. The molecule has 0 saturated carbocycles. The van der Waals surface area contributed by atoms with Gasteiger partial charge in [-0.3, -0.25) is 4.57 Å². The number of nitrogens with zero attached hydrogens (tertiary/aromatic N) is 2. The second kappa shape index (κ2) is 7.24. The summed E-state index contributed by atoms with van der Waals surface area (Å²) in [4.78, 5) is 12.9. The van der Waals surface area contributed by atoms with Crippen molar-refractivity contribution in [3.63, 3.8) is 0 Å². The average Bonchev–Trinajstić information content (AvgIpc) is 2.90. The van der Waals surface area contributed by atoms with Crippen LogP contribution < -0.4 is 5.59 Å². The molecule has 0 aliphatic heterocycles. The van der Waals surface area contributed by atoms with Crippen molar-refractivity contribution in [2.45, 2.75) is 65.3 Å². The summed E-state index contributed by atoms with van der Waals surface area (Å²) in [5, 5.41) is 30.9. The van der Waals surface area contributed by atoms with Crippen LogP contribution in [0.5, 0.6) is 0 Å². The molecule has 0 saturated heterocycles. The Morgan fingerprint density at radius 2 is 1.75 bits per heavy atom. The van der Waals surface area contributed by atoms with Crippen LogP contribution >= 0.6 is 0 Å². The standard InChI is InChI=1S/C20H27BN2O5/c1-18(2,3)27-17(24)23-15-10-13(12-22)8-9-14(15)11-16(23)21(26)28-20(6,7)19(4,5)25/h8-11,25-26H,1-7H3. The third-order valence-electron chi connectivity index (χ3n) is 4.67. The molecule has 0 atom stereocenters. The number of rotatable bonds is 4. The van der Waals surface area contributed by atoms with Crippen molar-refractivity contribution >= 4 is 29.7 Å². The topological polar surface area (TPSA) is 105 Å². The molecule has 0 spiro atoms. The van der Waals surface area contributed by atoms with Crippen LogP contribution in [0.3, 0.4) is 0 Å². The summed E-state index contributed by atoms with van der Waals surface area (Å²) in [7, 11) is -1.51. The molecule has 1 heterocycles. The van der Waals surface area contributed by atoms with E-state index < -0.39 is 30.0 Å². The number of carbonyl (C=O) groups is 1. The van der Waals surface area contributed by atoms with Crippen LogP contribution in [-0.2, 0) is 9.39 Å². The van der Waals surface area contributed by atoms with E-state index >= 15 is 0 Å². The van der Waals surface area contributed by atoms with Crippen molar-refractivity contribution in [2.75, 3.05) is 0 Å². The Bertz CT molecular complexity index is 929. The van der Waals surface area contributed by atoms with Crippen molar-refractivity contribution < 1.29 is 24.3 Å². The van der Waals surface area contributed by atoms with Crippen molar-refractivity contribution in [1.82, 2.24) is 4.57 Å². The van der Waals surface area contributed by atoms with Crippen molar-refractivity contribution in [3.05, 3.63) is 29.8 Å². The largest absolute Gasteiger partial charge is 0.509 e. The van der Waals surface area contributed by atoms with Gasteiger partial charge in [0.1, 0.15) is 5.60 Å². The molecule has 8 heteroatoms. The maximum atomic E-state index is 12.9. The van der Waals surface area contributed by atoms with E-state index in [9.17, 15) is 20.2 Å². The molecular weight excluding hydrogens is 359 g/mol. The number of fused-ring (bicyclic) bond motifs is 1. The summed E-state index contributed by atoms with van der Waals surface area (Å²) in [5.74, 6) is 0. The number of carbonyl (C=O) groups excluding carboxylic acids is 1. The fourth-order valence-electron chi connectivity index (χ4n) is 2.47. The molecular formula is C20H27BN2O5. The van der Waals surface area contributed by atoms with Crippen LogP contribution in [0.2, 0.25) is 0 Å². The lowest BCUT2D eigenvalue weighted by Crippen LogP contribution is -2.54. The summed E-state index contributed by atoms with van der Waals surface area (Å²) >= 11 is 0. The molecule has 0 radical (unpaired) electrons. The van der Waals surface area contributed by atoms with Gasteiger partial charge in [-0.15, -0.1) is 0 Å². The minimum atomic E-state index is -1.51.